The monoisotopic (exact) mass is 266 g/mol. The number of nitrogens with one attached hydrogen (secondary N) is 2. The number of carbonyl (C=O) groups excluding carboxylic acids is 1. The van der Waals surface area contributed by atoms with Gasteiger partial charge < -0.3 is 10.2 Å². The van der Waals surface area contributed by atoms with E-state index in [0.717, 1.165) is 12.8 Å². The summed E-state index contributed by atoms with van der Waals surface area (Å²) in [5, 5.41) is 4.93. The number of amides is 2. The molecule has 0 aromatic carbocycles. The molecule has 0 unspecified atom stereocenters. The molecule has 1 aromatic rings. The summed E-state index contributed by atoms with van der Waals surface area (Å²) in [6, 6.07) is 2.87. The second-order valence-corrected chi connectivity index (χ2v) is 4.24. The van der Waals surface area contributed by atoms with Gasteiger partial charge in [-0.2, -0.15) is 0 Å². The first-order valence-electron chi connectivity index (χ1n) is 6.63. The molecule has 0 saturated heterocycles. The number of guanidine groups is 1. The first-order chi connectivity index (χ1) is 9.22. The summed E-state index contributed by atoms with van der Waals surface area (Å²) < 4.78 is 4.97. The Bertz CT molecular complexity index is 387. The number of anilines is 1. The summed E-state index contributed by atoms with van der Waals surface area (Å²) in [6.45, 7) is 2.81. The zero-order valence-corrected chi connectivity index (χ0v) is 11.3. The first-order valence-corrected chi connectivity index (χ1v) is 6.63. The molecule has 1 rings (SSSR count). The van der Waals surface area contributed by atoms with Gasteiger partial charge in [-0.15, -0.1) is 0 Å². The summed E-state index contributed by atoms with van der Waals surface area (Å²) in [7, 11) is 0. The molecule has 6 nitrogen and oxygen atoms in total. The molecule has 0 aliphatic rings. The number of hydrogen-bond donors (Lipinski definition) is 3. The maximum Gasteiger partial charge on any atom is 0.328 e. The number of carbonyl (C=O) groups is 1. The van der Waals surface area contributed by atoms with Crippen molar-refractivity contribution in [2.45, 2.75) is 39.0 Å². The Hall–Kier alpha value is -1.98. The van der Waals surface area contributed by atoms with Gasteiger partial charge in [0.25, 0.3) is 0 Å². The van der Waals surface area contributed by atoms with Crippen molar-refractivity contribution in [3.8, 4) is 0 Å². The topological polar surface area (TPSA) is 92.6 Å². The number of furan rings is 1. The zero-order valence-electron chi connectivity index (χ0n) is 11.3. The van der Waals surface area contributed by atoms with E-state index < -0.39 is 6.03 Å². The lowest BCUT2D eigenvalue weighted by atomic mass is 10.2. The van der Waals surface area contributed by atoms with Crippen LogP contribution in [0.3, 0.4) is 0 Å². The fourth-order valence-electron chi connectivity index (χ4n) is 1.56. The maximum absolute atomic E-state index is 11.5. The Morgan fingerprint density at radius 1 is 1.37 bits per heavy atom. The molecule has 0 bridgehead atoms. The minimum atomic E-state index is -0.456. The average Bonchev–Trinajstić information content (AvgIpc) is 2.86. The molecule has 0 aliphatic heterocycles. The van der Waals surface area contributed by atoms with Crippen LogP contribution in [0.15, 0.2) is 27.8 Å². The van der Waals surface area contributed by atoms with E-state index in [1.54, 1.807) is 12.1 Å². The predicted octanol–water partition coefficient (Wildman–Crippen LogP) is 2.69. The number of hydrogen-bond acceptors (Lipinski definition) is 3. The van der Waals surface area contributed by atoms with Crippen LogP contribution in [-0.4, -0.2) is 18.5 Å². The predicted molar refractivity (Wildman–Crippen MR) is 76.1 cm³/mol. The van der Waals surface area contributed by atoms with Gasteiger partial charge >= 0.3 is 6.03 Å². The van der Waals surface area contributed by atoms with Crippen molar-refractivity contribution in [3.63, 3.8) is 0 Å². The van der Waals surface area contributed by atoms with Crippen LogP contribution in [0.1, 0.15) is 39.0 Å². The van der Waals surface area contributed by atoms with Gasteiger partial charge in [-0.25, -0.2) is 4.79 Å². The molecule has 19 heavy (non-hydrogen) atoms. The van der Waals surface area contributed by atoms with Crippen molar-refractivity contribution < 1.29 is 9.21 Å². The second-order valence-electron chi connectivity index (χ2n) is 4.24. The third-order valence-corrected chi connectivity index (χ3v) is 2.54. The van der Waals surface area contributed by atoms with E-state index in [2.05, 4.69) is 22.5 Å². The lowest BCUT2D eigenvalue weighted by Crippen LogP contribution is -2.39. The molecular weight excluding hydrogens is 244 g/mol. The molecule has 0 radical (unpaired) electrons. The Balaban J connectivity index is 2.15. The summed E-state index contributed by atoms with van der Waals surface area (Å²) in [4.78, 5) is 15.5. The molecule has 1 heterocycles. The van der Waals surface area contributed by atoms with Crippen LogP contribution in [-0.2, 0) is 0 Å². The number of unbranched alkanes of at least 4 members (excludes halogenated alkanes) is 4. The highest BCUT2D eigenvalue weighted by Gasteiger charge is 2.04. The van der Waals surface area contributed by atoms with Crippen molar-refractivity contribution in [3.05, 3.63) is 18.4 Å². The van der Waals surface area contributed by atoms with Gasteiger partial charge in [-0.3, -0.25) is 15.6 Å². The van der Waals surface area contributed by atoms with E-state index in [1.807, 2.05) is 0 Å². The Morgan fingerprint density at radius 3 is 2.84 bits per heavy atom. The van der Waals surface area contributed by atoms with Crippen LogP contribution >= 0.6 is 0 Å². The lowest BCUT2D eigenvalue weighted by Gasteiger charge is -2.04. The smallest absolute Gasteiger partial charge is 0.328 e. The van der Waals surface area contributed by atoms with Gasteiger partial charge in [0.05, 0.1) is 6.26 Å². The minimum Gasteiger partial charge on any atom is -0.449 e. The largest absolute Gasteiger partial charge is 0.449 e. The van der Waals surface area contributed by atoms with E-state index in [0.29, 0.717) is 12.4 Å². The average molecular weight is 266 g/mol. The highest BCUT2D eigenvalue weighted by Crippen LogP contribution is 2.05. The van der Waals surface area contributed by atoms with E-state index in [9.17, 15) is 4.79 Å². The van der Waals surface area contributed by atoms with Crippen molar-refractivity contribution in [1.82, 2.24) is 5.32 Å². The van der Waals surface area contributed by atoms with Crippen LogP contribution in [0.4, 0.5) is 10.7 Å². The van der Waals surface area contributed by atoms with Crippen LogP contribution in [0.25, 0.3) is 0 Å². The van der Waals surface area contributed by atoms with Gasteiger partial charge in [0, 0.05) is 12.6 Å². The van der Waals surface area contributed by atoms with Crippen LogP contribution < -0.4 is 16.4 Å². The fraction of sp³-hybridized carbons (Fsp3) is 0.538. The van der Waals surface area contributed by atoms with Crippen molar-refractivity contribution in [2.24, 2.45) is 10.7 Å². The van der Waals surface area contributed by atoms with Crippen LogP contribution in [0.2, 0.25) is 0 Å². The molecule has 1 aromatic heterocycles. The Morgan fingerprint density at radius 2 is 2.16 bits per heavy atom. The van der Waals surface area contributed by atoms with Crippen molar-refractivity contribution in [2.75, 3.05) is 11.9 Å². The third-order valence-electron chi connectivity index (χ3n) is 2.54. The standard InChI is InChI=1S/C13H22N4O2/c1-2-3-4-5-6-9-15-12(14)17-13(18)16-11-8-7-10-19-11/h7-8,10H,2-6,9H2,1H3,(H4,14,15,16,17,18). The Kier molecular flexibility index (Phi) is 7.16. The Labute approximate surface area is 113 Å². The summed E-state index contributed by atoms with van der Waals surface area (Å²) in [5.41, 5.74) is 5.59. The first kappa shape index (κ1) is 15.1. The number of rotatable bonds is 7. The molecule has 0 atom stereocenters. The van der Waals surface area contributed by atoms with E-state index >= 15 is 0 Å². The summed E-state index contributed by atoms with van der Waals surface area (Å²) in [5.74, 6) is 0.490. The SMILES string of the molecule is CCCCCCCN=C(N)NC(=O)Nc1ccco1. The number of aliphatic imine (C=N–C) groups is 1. The molecule has 6 heteroatoms. The highest BCUT2D eigenvalue weighted by molar-refractivity contribution is 6.01. The molecule has 0 fully saturated rings. The number of nitrogens with zero attached hydrogens (tertiary/aromatic N) is 1. The quantitative estimate of drug-likeness (QED) is 0.402. The maximum atomic E-state index is 11.5. The van der Waals surface area contributed by atoms with Crippen LogP contribution in [0, 0.1) is 0 Å². The van der Waals surface area contributed by atoms with Gasteiger partial charge in [0.2, 0.25) is 5.88 Å². The zero-order chi connectivity index (χ0) is 13.9. The molecule has 0 spiro atoms. The molecule has 2 amide bonds. The number of urea groups is 1. The fourth-order valence-corrected chi connectivity index (χ4v) is 1.56. The molecule has 0 saturated carbocycles. The summed E-state index contributed by atoms with van der Waals surface area (Å²) >= 11 is 0. The van der Waals surface area contributed by atoms with E-state index in [4.69, 9.17) is 10.2 Å². The molecule has 4 N–H and O–H groups in total. The molecular formula is C13H22N4O2. The third kappa shape index (κ3) is 7.13. The normalized spacial score (nSPS) is 11.3. The molecule has 106 valence electrons. The van der Waals surface area contributed by atoms with Crippen LogP contribution in [0.5, 0.6) is 0 Å². The van der Waals surface area contributed by atoms with Gasteiger partial charge in [0.15, 0.2) is 5.96 Å². The van der Waals surface area contributed by atoms with E-state index in [-0.39, 0.29) is 5.96 Å². The summed E-state index contributed by atoms with van der Waals surface area (Å²) in [6.07, 6.45) is 7.30. The van der Waals surface area contributed by atoms with Gasteiger partial charge in [0.1, 0.15) is 0 Å². The van der Waals surface area contributed by atoms with Crippen molar-refractivity contribution in [1.29, 1.82) is 0 Å². The van der Waals surface area contributed by atoms with E-state index in [1.165, 1.54) is 25.5 Å². The minimum absolute atomic E-state index is 0.125. The number of nitrogens with two attached hydrogens (primary N) is 1. The van der Waals surface area contributed by atoms with Gasteiger partial charge in [-0.05, 0) is 12.5 Å². The molecule has 0 aliphatic carbocycles. The van der Waals surface area contributed by atoms with Gasteiger partial charge in [-0.1, -0.05) is 32.6 Å². The second kappa shape index (κ2) is 9.02. The van der Waals surface area contributed by atoms with Crippen molar-refractivity contribution >= 4 is 17.9 Å². The lowest BCUT2D eigenvalue weighted by molar-refractivity contribution is 0.255. The highest BCUT2D eigenvalue weighted by atomic mass is 16.3.